The average molecular weight is 480 g/mol. The van der Waals surface area contributed by atoms with Gasteiger partial charge in [-0.3, -0.25) is 4.98 Å². The smallest absolute Gasteiger partial charge is 0.410 e. The molecule has 9 nitrogen and oxygen atoms in total. The van der Waals surface area contributed by atoms with E-state index in [9.17, 15) is 4.79 Å². The van der Waals surface area contributed by atoms with E-state index in [0.29, 0.717) is 61.4 Å². The van der Waals surface area contributed by atoms with Gasteiger partial charge in [0.15, 0.2) is 5.82 Å². The Hall–Kier alpha value is -2.62. The van der Waals surface area contributed by atoms with E-state index in [1.165, 1.54) is 0 Å². The zero-order valence-electron chi connectivity index (χ0n) is 17.4. The number of anilines is 1. The van der Waals surface area contributed by atoms with Crippen molar-refractivity contribution in [3.63, 3.8) is 0 Å². The normalized spacial score (nSPS) is 14.4. The molecule has 1 aliphatic rings. The van der Waals surface area contributed by atoms with Crippen LogP contribution in [0.3, 0.4) is 0 Å². The van der Waals surface area contributed by atoms with E-state index in [2.05, 4.69) is 35.8 Å². The standard InChI is InChI=1S/C20H26BrN5O4/c1-20(2,3)30-19(27)26-9-7-25(8-10-26)17-18(24-16(21)14-23-17)29-12-11-28-15-5-4-6-22-13-15/h4-6,13-14H,7-12H2,1-3H3. The molecule has 3 heterocycles. The summed E-state index contributed by atoms with van der Waals surface area (Å²) in [7, 11) is 0. The van der Waals surface area contributed by atoms with Crippen LogP contribution < -0.4 is 14.4 Å². The van der Waals surface area contributed by atoms with Crippen molar-refractivity contribution in [3.8, 4) is 11.6 Å². The molecule has 0 aromatic carbocycles. The van der Waals surface area contributed by atoms with Gasteiger partial charge in [0.1, 0.15) is 29.2 Å². The largest absolute Gasteiger partial charge is 0.488 e. The molecule has 162 valence electrons. The Morgan fingerprint density at radius 1 is 1.13 bits per heavy atom. The minimum absolute atomic E-state index is 0.298. The number of amides is 1. The van der Waals surface area contributed by atoms with Crippen LogP contribution in [-0.2, 0) is 4.74 Å². The van der Waals surface area contributed by atoms with E-state index >= 15 is 0 Å². The maximum atomic E-state index is 12.3. The lowest BCUT2D eigenvalue weighted by molar-refractivity contribution is 0.0240. The third kappa shape index (κ3) is 6.45. The quantitative estimate of drug-likeness (QED) is 0.583. The van der Waals surface area contributed by atoms with Gasteiger partial charge in [0.25, 0.3) is 5.88 Å². The van der Waals surface area contributed by atoms with Crippen molar-refractivity contribution in [2.24, 2.45) is 0 Å². The van der Waals surface area contributed by atoms with Crippen LogP contribution in [0, 0.1) is 0 Å². The van der Waals surface area contributed by atoms with E-state index in [4.69, 9.17) is 14.2 Å². The number of carbonyl (C=O) groups is 1. The summed E-state index contributed by atoms with van der Waals surface area (Å²) in [5, 5.41) is 0. The molecule has 0 saturated carbocycles. The first-order valence-electron chi connectivity index (χ1n) is 9.73. The average Bonchev–Trinajstić information content (AvgIpc) is 2.71. The molecule has 1 fully saturated rings. The molecule has 0 radical (unpaired) electrons. The van der Waals surface area contributed by atoms with Crippen LogP contribution in [0.15, 0.2) is 35.3 Å². The molecule has 1 amide bonds. The zero-order valence-corrected chi connectivity index (χ0v) is 19.0. The van der Waals surface area contributed by atoms with Crippen LogP contribution in [0.4, 0.5) is 10.6 Å². The number of rotatable bonds is 6. The molecular formula is C20H26BrN5O4. The lowest BCUT2D eigenvalue weighted by Gasteiger charge is -2.36. The summed E-state index contributed by atoms with van der Waals surface area (Å²) in [6, 6.07) is 3.65. The van der Waals surface area contributed by atoms with Gasteiger partial charge in [0, 0.05) is 32.4 Å². The monoisotopic (exact) mass is 479 g/mol. The fourth-order valence-electron chi connectivity index (χ4n) is 2.82. The van der Waals surface area contributed by atoms with E-state index in [1.54, 1.807) is 23.5 Å². The molecule has 0 bridgehead atoms. The van der Waals surface area contributed by atoms with Gasteiger partial charge in [-0.05, 0) is 48.8 Å². The van der Waals surface area contributed by atoms with Gasteiger partial charge in [-0.15, -0.1) is 0 Å². The molecule has 1 saturated heterocycles. The predicted octanol–water partition coefficient (Wildman–Crippen LogP) is 3.15. The number of hydrogen-bond acceptors (Lipinski definition) is 8. The Labute approximate surface area is 184 Å². The first-order chi connectivity index (χ1) is 14.3. The van der Waals surface area contributed by atoms with Gasteiger partial charge in [0.05, 0.1) is 12.4 Å². The Kier molecular flexibility index (Phi) is 7.30. The van der Waals surface area contributed by atoms with Crippen LogP contribution in [0.1, 0.15) is 20.8 Å². The van der Waals surface area contributed by atoms with Crippen molar-refractivity contribution >= 4 is 27.8 Å². The van der Waals surface area contributed by atoms with Crippen LogP contribution in [0.25, 0.3) is 0 Å². The maximum Gasteiger partial charge on any atom is 0.410 e. The van der Waals surface area contributed by atoms with E-state index in [1.807, 2.05) is 32.9 Å². The molecule has 0 atom stereocenters. The van der Waals surface area contributed by atoms with Crippen molar-refractivity contribution in [1.82, 2.24) is 19.9 Å². The van der Waals surface area contributed by atoms with E-state index in [0.717, 1.165) is 0 Å². The molecule has 1 aliphatic heterocycles. The van der Waals surface area contributed by atoms with Crippen LogP contribution in [-0.4, -0.2) is 70.9 Å². The zero-order chi connectivity index (χ0) is 21.6. The molecule has 0 spiro atoms. The van der Waals surface area contributed by atoms with Crippen molar-refractivity contribution in [3.05, 3.63) is 35.3 Å². The maximum absolute atomic E-state index is 12.3. The second-order valence-corrected chi connectivity index (χ2v) is 8.47. The van der Waals surface area contributed by atoms with Crippen LogP contribution >= 0.6 is 15.9 Å². The van der Waals surface area contributed by atoms with E-state index in [-0.39, 0.29) is 6.09 Å². The summed E-state index contributed by atoms with van der Waals surface area (Å²) in [5.41, 5.74) is -0.510. The number of hydrogen-bond donors (Lipinski definition) is 0. The summed E-state index contributed by atoms with van der Waals surface area (Å²) >= 11 is 3.34. The van der Waals surface area contributed by atoms with Crippen molar-refractivity contribution < 1.29 is 19.0 Å². The number of halogens is 1. The molecule has 2 aromatic rings. The van der Waals surface area contributed by atoms with Crippen molar-refractivity contribution in [2.75, 3.05) is 44.3 Å². The van der Waals surface area contributed by atoms with Gasteiger partial charge in [-0.25, -0.2) is 14.8 Å². The summed E-state index contributed by atoms with van der Waals surface area (Å²) < 4.78 is 17.5. The highest BCUT2D eigenvalue weighted by atomic mass is 79.9. The number of carbonyl (C=O) groups excluding carboxylic acids is 1. The van der Waals surface area contributed by atoms with Gasteiger partial charge < -0.3 is 24.0 Å². The number of nitrogens with zero attached hydrogens (tertiary/aromatic N) is 5. The van der Waals surface area contributed by atoms with E-state index < -0.39 is 5.60 Å². The third-order valence-corrected chi connectivity index (χ3v) is 4.53. The van der Waals surface area contributed by atoms with Gasteiger partial charge >= 0.3 is 6.09 Å². The van der Waals surface area contributed by atoms with Gasteiger partial charge in [-0.1, -0.05) is 0 Å². The second-order valence-electron chi connectivity index (χ2n) is 7.66. The number of pyridine rings is 1. The number of piperazine rings is 1. The summed E-state index contributed by atoms with van der Waals surface area (Å²) in [6.07, 6.45) is 4.67. The minimum atomic E-state index is -0.510. The topological polar surface area (TPSA) is 89.9 Å². The van der Waals surface area contributed by atoms with Crippen LogP contribution in [0.5, 0.6) is 11.6 Å². The summed E-state index contributed by atoms with van der Waals surface area (Å²) in [6.45, 7) is 8.54. The number of ether oxygens (including phenoxy) is 3. The fourth-order valence-corrected chi connectivity index (χ4v) is 3.08. The molecular weight excluding hydrogens is 454 g/mol. The highest BCUT2D eigenvalue weighted by Gasteiger charge is 2.28. The molecule has 30 heavy (non-hydrogen) atoms. The fraction of sp³-hybridized carbons (Fsp3) is 0.500. The lowest BCUT2D eigenvalue weighted by Crippen LogP contribution is -2.50. The van der Waals surface area contributed by atoms with Crippen molar-refractivity contribution in [2.45, 2.75) is 26.4 Å². The Morgan fingerprint density at radius 3 is 2.53 bits per heavy atom. The Morgan fingerprint density at radius 2 is 1.87 bits per heavy atom. The van der Waals surface area contributed by atoms with Gasteiger partial charge in [0.2, 0.25) is 0 Å². The molecule has 0 unspecified atom stereocenters. The Bertz CT molecular complexity index is 839. The molecule has 0 N–H and O–H groups in total. The SMILES string of the molecule is CC(C)(C)OC(=O)N1CCN(c2ncc(Br)nc2OCCOc2cccnc2)CC1. The molecule has 2 aromatic heterocycles. The summed E-state index contributed by atoms with van der Waals surface area (Å²) in [5.74, 6) is 1.74. The van der Waals surface area contributed by atoms with Gasteiger partial charge in [-0.2, -0.15) is 0 Å². The predicted molar refractivity (Wildman–Crippen MR) is 115 cm³/mol. The second kappa shape index (κ2) is 9.92. The van der Waals surface area contributed by atoms with Crippen molar-refractivity contribution in [1.29, 1.82) is 0 Å². The highest BCUT2D eigenvalue weighted by Crippen LogP contribution is 2.26. The minimum Gasteiger partial charge on any atom is -0.488 e. The lowest BCUT2D eigenvalue weighted by atomic mass is 10.2. The highest BCUT2D eigenvalue weighted by molar-refractivity contribution is 9.10. The number of aromatic nitrogens is 3. The molecule has 0 aliphatic carbocycles. The molecule has 10 heteroatoms. The Balaban J connectivity index is 1.55. The first kappa shape index (κ1) is 22.1. The first-order valence-corrected chi connectivity index (χ1v) is 10.5. The van der Waals surface area contributed by atoms with Crippen LogP contribution in [0.2, 0.25) is 0 Å². The molecule has 3 rings (SSSR count). The third-order valence-electron chi connectivity index (χ3n) is 4.15. The summed E-state index contributed by atoms with van der Waals surface area (Å²) in [4.78, 5) is 28.9.